The van der Waals surface area contributed by atoms with Gasteiger partial charge >= 0.3 is 6.09 Å². The Morgan fingerprint density at radius 3 is 2.55 bits per heavy atom. The van der Waals surface area contributed by atoms with Crippen molar-refractivity contribution in [3.8, 4) is 16.9 Å². The van der Waals surface area contributed by atoms with E-state index in [1.54, 1.807) is 7.11 Å². The molecule has 1 amide bonds. The molecule has 3 N–H and O–H groups in total. The molecule has 0 saturated heterocycles. The number of carboxylic acid groups (broad SMARTS) is 1. The van der Waals surface area contributed by atoms with Gasteiger partial charge in [0.1, 0.15) is 10.4 Å². The fourth-order valence-electron chi connectivity index (χ4n) is 4.12. The zero-order valence-electron chi connectivity index (χ0n) is 17.6. The van der Waals surface area contributed by atoms with E-state index < -0.39 is 6.09 Å². The molecule has 4 aromatic rings. The summed E-state index contributed by atoms with van der Waals surface area (Å²) in [6.45, 7) is 4.53. The first kappa shape index (κ1) is 20.9. The predicted molar refractivity (Wildman–Crippen MR) is 126 cm³/mol. The van der Waals surface area contributed by atoms with Crippen molar-refractivity contribution in [2.75, 3.05) is 13.7 Å². The number of rotatable bonds is 6. The maximum absolute atomic E-state index is 12.4. The number of carbonyl (C=O) groups is 1. The van der Waals surface area contributed by atoms with Gasteiger partial charge in [-0.2, -0.15) is 0 Å². The minimum atomic E-state index is -1.02. The van der Waals surface area contributed by atoms with Crippen LogP contribution in [0.5, 0.6) is 5.75 Å². The van der Waals surface area contributed by atoms with Gasteiger partial charge < -0.3 is 20.1 Å². The van der Waals surface area contributed by atoms with Crippen LogP contribution in [0.25, 0.3) is 32.1 Å². The number of aromatic nitrogens is 1. The van der Waals surface area contributed by atoms with E-state index >= 15 is 0 Å². The predicted octanol–water partition coefficient (Wildman–Crippen LogP) is 5.43. The smallest absolute Gasteiger partial charge is 0.404 e. The Morgan fingerprint density at radius 1 is 1.16 bits per heavy atom. The largest absolute Gasteiger partial charge is 0.496 e. The van der Waals surface area contributed by atoms with E-state index in [2.05, 4.69) is 24.1 Å². The van der Waals surface area contributed by atoms with Gasteiger partial charge in [0.05, 0.1) is 7.11 Å². The molecule has 6 nitrogen and oxygen atoms in total. The third-order valence-corrected chi connectivity index (χ3v) is 6.59. The summed E-state index contributed by atoms with van der Waals surface area (Å²) in [6.07, 6.45) is -1.02. The van der Waals surface area contributed by atoms with E-state index in [0.717, 1.165) is 38.7 Å². The van der Waals surface area contributed by atoms with Gasteiger partial charge in [-0.3, -0.25) is 4.79 Å². The number of benzene rings is 2. The van der Waals surface area contributed by atoms with E-state index in [0.29, 0.717) is 11.2 Å². The minimum absolute atomic E-state index is 0.0690. The Morgan fingerprint density at radius 2 is 1.90 bits per heavy atom. The van der Waals surface area contributed by atoms with E-state index in [1.807, 2.05) is 47.8 Å². The molecule has 2 heterocycles. The van der Waals surface area contributed by atoms with E-state index in [1.165, 1.54) is 11.3 Å². The number of nitrogens with one attached hydrogen (secondary N) is 2. The standard InChI is InChI=1S/C24H24N2O4S/c1-13(2)17(12-25-24(28)29)14-4-6-15(7-5-14)20-19(30-3)9-8-18-21(20)16-10-11-31-22(16)23(27)26-18/h4-11,13,17,25H,12H2,1-3H3,(H,26,27)(H,28,29). The van der Waals surface area contributed by atoms with Crippen LogP contribution >= 0.6 is 11.3 Å². The molecule has 0 aliphatic heterocycles. The third-order valence-electron chi connectivity index (χ3n) is 5.68. The molecule has 0 saturated carbocycles. The highest BCUT2D eigenvalue weighted by atomic mass is 32.1. The Kier molecular flexibility index (Phi) is 5.69. The number of aromatic amines is 1. The molecule has 1 atom stereocenters. The summed E-state index contributed by atoms with van der Waals surface area (Å²) in [5, 5.41) is 15.3. The quantitative estimate of drug-likeness (QED) is 0.376. The van der Waals surface area contributed by atoms with E-state index in [9.17, 15) is 9.59 Å². The lowest BCUT2D eigenvalue weighted by Crippen LogP contribution is -2.28. The monoisotopic (exact) mass is 436 g/mol. The molecular formula is C24H24N2O4S. The average Bonchev–Trinajstić information content (AvgIpc) is 3.24. The second-order valence-electron chi connectivity index (χ2n) is 7.84. The van der Waals surface area contributed by atoms with E-state index in [-0.39, 0.29) is 17.4 Å². The molecule has 160 valence electrons. The molecule has 0 fully saturated rings. The summed E-state index contributed by atoms with van der Waals surface area (Å²) in [6, 6.07) is 13.9. The van der Waals surface area contributed by atoms with Gasteiger partial charge in [0.15, 0.2) is 0 Å². The van der Waals surface area contributed by atoms with Crippen LogP contribution in [0.3, 0.4) is 0 Å². The van der Waals surface area contributed by atoms with Crippen LogP contribution in [0, 0.1) is 5.92 Å². The van der Waals surface area contributed by atoms with Gasteiger partial charge in [0.25, 0.3) is 5.56 Å². The molecule has 4 rings (SSSR count). The fraction of sp³-hybridized carbons (Fsp3) is 0.250. The first-order valence-electron chi connectivity index (χ1n) is 10.1. The fourth-order valence-corrected chi connectivity index (χ4v) is 4.91. The van der Waals surface area contributed by atoms with Crippen LogP contribution in [0.15, 0.2) is 52.6 Å². The number of H-pyrrole nitrogens is 1. The van der Waals surface area contributed by atoms with Crippen LogP contribution in [-0.4, -0.2) is 29.8 Å². The maximum Gasteiger partial charge on any atom is 0.404 e. The number of ether oxygens (including phenoxy) is 1. The van der Waals surface area contributed by atoms with Gasteiger partial charge in [-0.15, -0.1) is 11.3 Å². The molecule has 31 heavy (non-hydrogen) atoms. The molecule has 2 aromatic heterocycles. The van der Waals surface area contributed by atoms with Crippen molar-refractivity contribution in [1.29, 1.82) is 0 Å². The van der Waals surface area contributed by atoms with Crippen molar-refractivity contribution in [3.63, 3.8) is 0 Å². The summed E-state index contributed by atoms with van der Waals surface area (Å²) < 4.78 is 6.37. The Hall–Kier alpha value is -3.32. The lowest BCUT2D eigenvalue weighted by atomic mass is 9.87. The maximum atomic E-state index is 12.4. The lowest BCUT2D eigenvalue weighted by Gasteiger charge is -2.22. The number of methoxy groups -OCH3 is 1. The van der Waals surface area contributed by atoms with E-state index in [4.69, 9.17) is 9.84 Å². The first-order chi connectivity index (χ1) is 14.9. The van der Waals surface area contributed by atoms with Gasteiger partial charge in [0.2, 0.25) is 0 Å². The van der Waals surface area contributed by atoms with Gasteiger partial charge in [-0.1, -0.05) is 38.1 Å². The second-order valence-corrected chi connectivity index (χ2v) is 8.76. The summed E-state index contributed by atoms with van der Waals surface area (Å²) in [5.74, 6) is 1.08. The van der Waals surface area contributed by atoms with Crippen LogP contribution in [-0.2, 0) is 0 Å². The number of hydrogen-bond acceptors (Lipinski definition) is 4. The molecule has 0 aliphatic rings. The Balaban J connectivity index is 1.86. The number of fused-ring (bicyclic) bond motifs is 3. The topological polar surface area (TPSA) is 91.4 Å². The molecule has 0 spiro atoms. The number of thiophene rings is 1. The van der Waals surface area contributed by atoms with Crippen LogP contribution in [0.2, 0.25) is 0 Å². The molecule has 0 bridgehead atoms. The second kappa shape index (κ2) is 8.43. The van der Waals surface area contributed by atoms with Gasteiger partial charge in [-0.25, -0.2) is 4.79 Å². The van der Waals surface area contributed by atoms with Crippen molar-refractivity contribution in [1.82, 2.24) is 10.3 Å². The van der Waals surface area contributed by atoms with Crippen molar-refractivity contribution in [3.05, 3.63) is 63.8 Å². The number of pyridine rings is 1. The summed E-state index contributed by atoms with van der Waals surface area (Å²) in [4.78, 5) is 26.4. The molecule has 2 aromatic carbocycles. The highest BCUT2D eigenvalue weighted by Gasteiger charge is 2.19. The van der Waals surface area contributed by atoms with Crippen LogP contribution in [0.1, 0.15) is 25.3 Å². The zero-order chi connectivity index (χ0) is 22.1. The van der Waals surface area contributed by atoms with Crippen molar-refractivity contribution >= 4 is 38.4 Å². The summed E-state index contributed by atoms with van der Waals surface area (Å²) >= 11 is 1.42. The molecule has 7 heteroatoms. The molecule has 1 unspecified atom stereocenters. The molecule has 0 radical (unpaired) electrons. The van der Waals surface area contributed by atoms with Gasteiger partial charge in [-0.05, 0) is 40.6 Å². The summed E-state index contributed by atoms with van der Waals surface area (Å²) in [5.41, 5.74) is 3.65. The highest BCUT2D eigenvalue weighted by Crippen LogP contribution is 2.40. The average molecular weight is 437 g/mol. The van der Waals surface area contributed by atoms with Crippen LogP contribution in [0.4, 0.5) is 4.79 Å². The summed E-state index contributed by atoms with van der Waals surface area (Å²) in [7, 11) is 1.64. The minimum Gasteiger partial charge on any atom is -0.496 e. The van der Waals surface area contributed by atoms with Crippen LogP contribution < -0.4 is 15.6 Å². The van der Waals surface area contributed by atoms with Gasteiger partial charge in [0, 0.05) is 34.3 Å². The molecule has 0 aliphatic carbocycles. The first-order valence-corrected chi connectivity index (χ1v) is 11.0. The van der Waals surface area contributed by atoms with Crippen molar-refractivity contribution < 1.29 is 14.6 Å². The van der Waals surface area contributed by atoms with Crippen molar-refractivity contribution in [2.45, 2.75) is 19.8 Å². The highest BCUT2D eigenvalue weighted by molar-refractivity contribution is 7.17. The normalized spacial score (nSPS) is 12.4. The zero-order valence-corrected chi connectivity index (χ0v) is 18.4. The molecular weight excluding hydrogens is 412 g/mol. The van der Waals surface area contributed by atoms with Crippen molar-refractivity contribution in [2.24, 2.45) is 5.92 Å². The number of hydrogen-bond donors (Lipinski definition) is 3. The SMILES string of the molecule is COc1ccc2[nH]c(=O)c3sccc3c2c1-c1ccc(C(CNC(=O)O)C(C)C)cc1. The Labute approximate surface area is 183 Å². The number of amides is 1. The lowest BCUT2D eigenvalue weighted by molar-refractivity contribution is 0.193. The third kappa shape index (κ3) is 3.88. The Bertz CT molecular complexity index is 1310.